The Morgan fingerprint density at radius 3 is 2.18 bits per heavy atom. The summed E-state index contributed by atoms with van der Waals surface area (Å²) in [6.07, 6.45) is -10.6. The third-order valence-electron chi connectivity index (χ3n) is 6.15. The summed E-state index contributed by atoms with van der Waals surface area (Å²) in [6, 6.07) is 9.86. The van der Waals surface area contributed by atoms with Crippen LogP contribution in [0.1, 0.15) is 28.8 Å². The number of hydrogen-bond donors (Lipinski definition) is 2. The van der Waals surface area contributed by atoms with E-state index in [1.165, 1.54) is 30.3 Å². The van der Waals surface area contributed by atoms with E-state index in [9.17, 15) is 41.0 Å². The minimum atomic E-state index is -4.87. The summed E-state index contributed by atoms with van der Waals surface area (Å²) in [5, 5.41) is 12.6. The van der Waals surface area contributed by atoms with Crippen molar-refractivity contribution in [2.45, 2.75) is 38.0 Å². The third-order valence-corrected chi connectivity index (χ3v) is 6.38. The first-order valence-corrected chi connectivity index (χ1v) is 11.4. The van der Waals surface area contributed by atoms with E-state index in [-0.39, 0.29) is 22.9 Å². The Morgan fingerprint density at radius 1 is 1.00 bits per heavy atom. The first-order valence-electron chi connectivity index (χ1n) is 11.0. The third kappa shape index (κ3) is 5.74. The van der Waals surface area contributed by atoms with Crippen molar-refractivity contribution >= 4 is 34.2 Å². The fraction of sp³-hybridized carbons (Fsp3) is 0.280. The number of nitrogens with one attached hydrogen (secondary N) is 1. The Morgan fingerprint density at radius 2 is 1.63 bits per heavy atom. The summed E-state index contributed by atoms with van der Waals surface area (Å²) in [5.74, 6) is -3.50. The first-order chi connectivity index (χ1) is 17.7. The molecule has 4 rings (SSSR count). The molecule has 1 atom stereocenters. The zero-order chi connectivity index (χ0) is 27.9. The van der Waals surface area contributed by atoms with Gasteiger partial charge in [-0.15, -0.1) is 13.2 Å². The zero-order valence-corrected chi connectivity index (χ0v) is 19.9. The molecule has 1 aliphatic rings. The normalized spacial score (nSPS) is 15.6. The quantitative estimate of drug-likeness (QED) is 0.307. The second-order valence-corrected chi connectivity index (χ2v) is 9.12. The monoisotopic (exact) mass is 561 g/mol. The second kappa shape index (κ2) is 9.90. The number of carboxylic acid groups (broad SMARTS) is 1. The molecule has 0 aliphatic heterocycles. The Hall–Kier alpha value is -3.67. The topological polar surface area (TPSA) is 84.9 Å². The van der Waals surface area contributed by atoms with Crippen LogP contribution in [-0.4, -0.2) is 35.6 Å². The van der Waals surface area contributed by atoms with Gasteiger partial charge in [-0.2, -0.15) is 13.2 Å². The SMILES string of the molecule is O=C(NC(C(=O)O)C1(C(F)(F)F)CC1)c1ccc2ccc(Cl)cc2c1OCc1ccc(OC(F)(F)F)cc1. The molecule has 0 heterocycles. The smallest absolute Gasteiger partial charge is 0.487 e. The molecule has 1 fully saturated rings. The Bertz CT molecular complexity index is 1370. The molecule has 0 aromatic heterocycles. The minimum Gasteiger partial charge on any atom is -0.487 e. The Balaban J connectivity index is 1.64. The number of ether oxygens (including phenoxy) is 2. The van der Waals surface area contributed by atoms with Gasteiger partial charge in [0.05, 0.1) is 11.0 Å². The number of rotatable bonds is 8. The number of carbonyl (C=O) groups excluding carboxylic acids is 1. The lowest BCUT2D eigenvalue weighted by Crippen LogP contribution is -2.52. The summed E-state index contributed by atoms with van der Waals surface area (Å²) in [4.78, 5) is 24.8. The number of carbonyl (C=O) groups is 2. The maximum Gasteiger partial charge on any atom is 0.573 e. The average Bonchev–Trinajstić information content (AvgIpc) is 3.62. The molecular weight excluding hydrogens is 544 g/mol. The Labute approximate surface area is 216 Å². The van der Waals surface area contributed by atoms with Crippen LogP contribution in [-0.2, 0) is 11.4 Å². The van der Waals surface area contributed by atoms with Crippen molar-refractivity contribution < 1.29 is 50.5 Å². The van der Waals surface area contributed by atoms with Crippen molar-refractivity contribution in [3.8, 4) is 11.5 Å². The van der Waals surface area contributed by atoms with E-state index in [1.807, 2.05) is 5.32 Å². The molecule has 1 saturated carbocycles. The minimum absolute atomic E-state index is 0.0980. The molecule has 13 heteroatoms. The number of carboxylic acids is 1. The number of alkyl halides is 6. The van der Waals surface area contributed by atoms with Crippen LogP contribution in [0.3, 0.4) is 0 Å². The number of fused-ring (bicyclic) bond motifs is 1. The summed E-state index contributed by atoms with van der Waals surface area (Å²) >= 11 is 6.09. The van der Waals surface area contributed by atoms with E-state index in [0.29, 0.717) is 16.3 Å². The molecule has 1 amide bonds. The van der Waals surface area contributed by atoms with Gasteiger partial charge < -0.3 is 19.9 Å². The summed E-state index contributed by atoms with van der Waals surface area (Å²) in [6.45, 7) is -0.257. The van der Waals surface area contributed by atoms with E-state index in [1.54, 1.807) is 12.1 Å². The molecule has 0 radical (unpaired) electrons. The molecule has 38 heavy (non-hydrogen) atoms. The molecule has 2 N–H and O–H groups in total. The average molecular weight is 562 g/mol. The number of aliphatic carboxylic acids is 1. The van der Waals surface area contributed by atoms with Gasteiger partial charge in [-0.3, -0.25) is 4.79 Å². The highest BCUT2D eigenvalue weighted by molar-refractivity contribution is 6.31. The number of halogens is 7. The molecule has 6 nitrogen and oxygen atoms in total. The van der Waals surface area contributed by atoms with Crippen LogP contribution in [0.25, 0.3) is 10.8 Å². The van der Waals surface area contributed by atoms with Crippen LogP contribution in [0.4, 0.5) is 26.3 Å². The highest BCUT2D eigenvalue weighted by Crippen LogP contribution is 2.60. The fourth-order valence-electron chi connectivity index (χ4n) is 4.06. The molecule has 1 unspecified atom stereocenters. The largest absolute Gasteiger partial charge is 0.573 e. The molecule has 0 bridgehead atoms. The van der Waals surface area contributed by atoms with E-state index >= 15 is 0 Å². The van der Waals surface area contributed by atoms with Gasteiger partial charge in [0.1, 0.15) is 24.1 Å². The molecule has 1 aliphatic carbocycles. The van der Waals surface area contributed by atoms with Gasteiger partial charge in [0, 0.05) is 10.4 Å². The van der Waals surface area contributed by atoms with Crippen LogP contribution in [0.15, 0.2) is 54.6 Å². The maximum absolute atomic E-state index is 13.6. The van der Waals surface area contributed by atoms with Gasteiger partial charge in [0.15, 0.2) is 0 Å². The molecule has 3 aromatic rings. The van der Waals surface area contributed by atoms with Crippen molar-refractivity contribution in [3.63, 3.8) is 0 Å². The standard InChI is InChI=1S/C25H18ClF6NO5/c26-15-5-3-14-4-8-17(21(34)33-20(22(35)36)23(9-10-23)24(27,28)29)19(18(14)11-15)37-12-13-1-6-16(7-2-13)38-25(30,31)32/h1-8,11,20H,9-10,12H2,(H,33,34)(H,35,36). The van der Waals surface area contributed by atoms with Crippen LogP contribution in [0, 0.1) is 5.41 Å². The van der Waals surface area contributed by atoms with Gasteiger partial charge in [0.2, 0.25) is 0 Å². The van der Waals surface area contributed by atoms with E-state index < -0.39 is 54.5 Å². The highest BCUT2D eigenvalue weighted by Gasteiger charge is 2.69. The zero-order valence-electron chi connectivity index (χ0n) is 19.1. The van der Waals surface area contributed by atoms with E-state index in [4.69, 9.17) is 16.3 Å². The van der Waals surface area contributed by atoms with Crippen molar-refractivity contribution in [2.24, 2.45) is 5.41 Å². The lowest BCUT2D eigenvalue weighted by molar-refractivity contribution is -0.274. The van der Waals surface area contributed by atoms with Crippen molar-refractivity contribution in [1.82, 2.24) is 5.32 Å². The van der Waals surface area contributed by atoms with Gasteiger partial charge in [-0.05, 0) is 54.1 Å². The summed E-state index contributed by atoms with van der Waals surface area (Å²) in [5.41, 5.74) is -2.45. The van der Waals surface area contributed by atoms with Crippen molar-refractivity contribution in [3.05, 3.63) is 70.7 Å². The highest BCUT2D eigenvalue weighted by atomic mass is 35.5. The predicted octanol–water partition coefficient (Wildman–Crippen LogP) is 6.50. The molecule has 3 aromatic carbocycles. The van der Waals surface area contributed by atoms with Crippen LogP contribution >= 0.6 is 11.6 Å². The maximum atomic E-state index is 13.6. The molecule has 0 spiro atoms. The predicted molar refractivity (Wildman–Crippen MR) is 123 cm³/mol. The van der Waals surface area contributed by atoms with E-state index in [0.717, 1.165) is 12.1 Å². The Kier molecular flexibility index (Phi) is 7.13. The number of benzene rings is 3. The van der Waals surface area contributed by atoms with Gasteiger partial charge in [-0.1, -0.05) is 35.9 Å². The second-order valence-electron chi connectivity index (χ2n) is 8.69. The number of hydrogen-bond acceptors (Lipinski definition) is 4. The van der Waals surface area contributed by atoms with Crippen molar-refractivity contribution in [2.75, 3.05) is 0 Å². The fourth-order valence-corrected chi connectivity index (χ4v) is 4.23. The van der Waals surface area contributed by atoms with Gasteiger partial charge >= 0.3 is 18.5 Å². The van der Waals surface area contributed by atoms with Crippen molar-refractivity contribution in [1.29, 1.82) is 0 Å². The first kappa shape index (κ1) is 27.4. The molecule has 202 valence electrons. The lowest BCUT2D eigenvalue weighted by Gasteiger charge is -2.27. The van der Waals surface area contributed by atoms with Gasteiger partial charge in [-0.25, -0.2) is 4.79 Å². The van der Waals surface area contributed by atoms with Crippen LogP contribution in [0.2, 0.25) is 5.02 Å². The van der Waals surface area contributed by atoms with Crippen LogP contribution < -0.4 is 14.8 Å². The van der Waals surface area contributed by atoms with E-state index in [2.05, 4.69) is 4.74 Å². The molecular formula is C25H18ClF6NO5. The summed E-state index contributed by atoms with van der Waals surface area (Å²) in [7, 11) is 0. The summed E-state index contributed by atoms with van der Waals surface area (Å²) < 4.78 is 87.6. The van der Waals surface area contributed by atoms with Crippen LogP contribution in [0.5, 0.6) is 11.5 Å². The lowest BCUT2D eigenvalue weighted by atomic mass is 9.95. The van der Waals surface area contributed by atoms with Gasteiger partial charge in [0.25, 0.3) is 5.91 Å². The molecule has 0 saturated heterocycles. The number of amides is 1.